The van der Waals surface area contributed by atoms with Gasteiger partial charge in [-0.25, -0.2) is 4.79 Å². The van der Waals surface area contributed by atoms with Crippen LogP contribution in [0, 0.1) is 3.57 Å². The quantitative estimate of drug-likeness (QED) is 0.442. The van der Waals surface area contributed by atoms with Crippen LogP contribution >= 0.6 is 22.6 Å². The molecule has 0 aliphatic carbocycles. The summed E-state index contributed by atoms with van der Waals surface area (Å²) >= 11 is 2.20. The van der Waals surface area contributed by atoms with E-state index in [4.69, 9.17) is 5.11 Å². The molecule has 3 aromatic carbocycles. The molecule has 0 aliphatic rings. The molecule has 1 amide bonds. The molecule has 5 nitrogen and oxygen atoms in total. The van der Waals surface area contributed by atoms with E-state index in [1.54, 1.807) is 36.4 Å². The van der Waals surface area contributed by atoms with Crippen LogP contribution in [-0.4, -0.2) is 22.1 Å². The predicted molar refractivity (Wildman–Crippen MR) is 116 cm³/mol. The summed E-state index contributed by atoms with van der Waals surface area (Å²) in [4.78, 5) is 24.0. The molecule has 0 saturated carbocycles. The standard InChI is InChI=1S/C22H18INO4/c23-17-7-9-18(10-8-17)24-21(26)20(15-5-11-19(25)12-6-15)13-14-1-3-16(4-2-14)22(27)28/h1-12,20,25H,13H2,(H,24,26)(H,27,28). The zero-order chi connectivity index (χ0) is 20.1. The predicted octanol–water partition coefficient (Wildman–Crippen LogP) is 4.66. The molecule has 6 heteroatoms. The van der Waals surface area contributed by atoms with Crippen LogP contribution in [0.2, 0.25) is 0 Å². The van der Waals surface area contributed by atoms with Crippen molar-refractivity contribution >= 4 is 40.2 Å². The topological polar surface area (TPSA) is 86.6 Å². The number of hydrogen-bond donors (Lipinski definition) is 3. The number of carbonyl (C=O) groups excluding carboxylic acids is 1. The summed E-state index contributed by atoms with van der Waals surface area (Å²) in [5, 5.41) is 21.5. The highest BCUT2D eigenvalue weighted by Gasteiger charge is 2.22. The fourth-order valence-corrected chi connectivity index (χ4v) is 3.21. The molecule has 1 unspecified atom stereocenters. The number of amides is 1. The van der Waals surface area contributed by atoms with E-state index in [2.05, 4.69) is 27.9 Å². The molecule has 28 heavy (non-hydrogen) atoms. The zero-order valence-corrected chi connectivity index (χ0v) is 17.0. The summed E-state index contributed by atoms with van der Waals surface area (Å²) in [5.74, 6) is -1.52. The molecule has 0 fully saturated rings. The largest absolute Gasteiger partial charge is 0.508 e. The van der Waals surface area contributed by atoms with E-state index in [-0.39, 0.29) is 17.2 Å². The van der Waals surface area contributed by atoms with Gasteiger partial charge in [-0.15, -0.1) is 0 Å². The van der Waals surface area contributed by atoms with E-state index in [9.17, 15) is 14.7 Å². The Bertz CT molecular complexity index is 967. The van der Waals surface area contributed by atoms with Gasteiger partial charge in [0.1, 0.15) is 5.75 Å². The number of phenols is 1. The summed E-state index contributed by atoms with van der Waals surface area (Å²) < 4.78 is 1.07. The van der Waals surface area contributed by atoms with Crippen molar-refractivity contribution in [2.75, 3.05) is 5.32 Å². The molecule has 0 heterocycles. The van der Waals surface area contributed by atoms with Gasteiger partial charge >= 0.3 is 5.97 Å². The Morgan fingerprint density at radius 1 is 0.893 bits per heavy atom. The number of rotatable bonds is 6. The lowest BCUT2D eigenvalue weighted by Crippen LogP contribution is -2.23. The Morgan fingerprint density at radius 3 is 2.07 bits per heavy atom. The van der Waals surface area contributed by atoms with Crippen molar-refractivity contribution in [3.8, 4) is 5.75 Å². The van der Waals surface area contributed by atoms with E-state index in [1.807, 2.05) is 24.3 Å². The molecule has 0 aromatic heterocycles. The third-order valence-corrected chi connectivity index (χ3v) is 5.08. The summed E-state index contributed by atoms with van der Waals surface area (Å²) in [6.45, 7) is 0. The van der Waals surface area contributed by atoms with Crippen molar-refractivity contribution in [3.63, 3.8) is 0 Å². The van der Waals surface area contributed by atoms with E-state index >= 15 is 0 Å². The molecule has 0 aliphatic heterocycles. The second kappa shape index (κ2) is 8.88. The lowest BCUT2D eigenvalue weighted by atomic mass is 9.90. The summed E-state index contributed by atoms with van der Waals surface area (Å²) in [6, 6.07) is 20.5. The van der Waals surface area contributed by atoms with Gasteiger partial charge in [-0.3, -0.25) is 4.79 Å². The van der Waals surface area contributed by atoms with Gasteiger partial charge in [0, 0.05) is 9.26 Å². The third kappa shape index (κ3) is 5.10. The highest BCUT2D eigenvalue weighted by Crippen LogP contribution is 2.25. The van der Waals surface area contributed by atoms with Gasteiger partial charge in [0.25, 0.3) is 0 Å². The number of halogens is 1. The van der Waals surface area contributed by atoms with Gasteiger partial charge < -0.3 is 15.5 Å². The van der Waals surface area contributed by atoms with Gasteiger partial charge in [-0.2, -0.15) is 0 Å². The highest BCUT2D eigenvalue weighted by molar-refractivity contribution is 14.1. The van der Waals surface area contributed by atoms with Crippen molar-refractivity contribution in [2.24, 2.45) is 0 Å². The summed E-state index contributed by atoms with van der Waals surface area (Å²) in [6.07, 6.45) is 0.404. The number of carboxylic acid groups (broad SMARTS) is 1. The summed E-state index contributed by atoms with van der Waals surface area (Å²) in [5.41, 5.74) is 2.52. The fourth-order valence-electron chi connectivity index (χ4n) is 2.85. The molecular formula is C22H18INO4. The Morgan fingerprint density at radius 2 is 1.50 bits per heavy atom. The minimum atomic E-state index is -0.988. The highest BCUT2D eigenvalue weighted by atomic mass is 127. The van der Waals surface area contributed by atoms with E-state index in [0.29, 0.717) is 12.1 Å². The van der Waals surface area contributed by atoms with Gasteiger partial charge in [-0.1, -0.05) is 24.3 Å². The first-order valence-corrected chi connectivity index (χ1v) is 9.68. The number of aromatic carboxylic acids is 1. The first-order chi connectivity index (χ1) is 13.4. The van der Waals surface area contributed by atoms with Crippen LogP contribution in [0.3, 0.4) is 0 Å². The van der Waals surface area contributed by atoms with Crippen molar-refractivity contribution in [3.05, 3.63) is 93.1 Å². The molecule has 1 atom stereocenters. The van der Waals surface area contributed by atoms with Gasteiger partial charge in [0.2, 0.25) is 5.91 Å². The molecule has 3 aromatic rings. The van der Waals surface area contributed by atoms with Crippen LogP contribution in [-0.2, 0) is 11.2 Å². The van der Waals surface area contributed by atoms with Crippen molar-refractivity contribution < 1.29 is 19.8 Å². The number of carboxylic acids is 1. The molecule has 142 valence electrons. The summed E-state index contributed by atoms with van der Waals surface area (Å²) in [7, 11) is 0. The lowest BCUT2D eigenvalue weighted by molar-refractivity contribution is -0.117. The minimum absolute atomic E-state index is 0.131. The van der Waals surface area contributed by atoms with Crippen molar-refractivity contribution in [2.45, 2.75) is 12.3 Å². The normalized spacial score (nSPS) is 11.6. The first kappa shape index (κ1) is 19.9. The van der Waals surface area contributed by atoms with Crippen LogP contribution in [0.4, 0.5) is 5.69 Å². The zero-order valence-electron chi connectivity index (χ0n) is 14.8. The Kier molecular flexibility index (Phi) is 6.30. The average Bonchev–Trinajstić information content (AvgIpc) is 2.69. The average molecular weight is 487 g/mol. The SMILES string of the molecule is O=C(O)c1ccc(CC(C(=O)Nc2ccc(I)cc2)c2ccc(O)cc2)cc1. The Labute approximate surface area is 176 Å². The van der Waals surface area contributed by atoms with E-state index < -0.39 is 11.9 Å². The minimum Gasteiger partial charge on any atom is -0.508 e. The van der Waals surface area contributed by atoms with Crippen molar-refractivity contribution in [1.29, 1.82) is 0 Å². The van der Waals surface area contributed by atoms with E-state index in [1.165, 1.54) is 12.1 Å². The van der Waals surface area contributed by atoms with Crippen LogP contribution in [0.15, 0.2) is 72.8 Å². The number of benzene rings is 3. The van der Waals surface area contributed by atoms with Gasteiger partial charge in [0.15, 0.2) is 0 Å². The fraction of sp³-hybridized carbons (Fsp3) is 0.0909. The number of phenolic OH excluding ortho intramolecular Hbond substituents is 1. The Hall–Kier alpha value is -2.87. The van der Waals surface area contributed by atoms with Gasteiger partial charge in [-0.05, 0) is 88.7 Å². The van der Waals surface area contributed by atoms with E-state index in [0.717, 1.165) is 14.7 Å². The molecule has 3 N–H and O–H groups in total. The third-order valence-electron chi connectivity index (χ3n) is 4.36. The number of anilines is 1. The maximum atomic E-state index is 13.0. The van der Waals surface area contributed by atoms with Gasteiger partial charge in [0.05, 0.1) is 11.5 Å². The number of aromatic hydroxyl groups is 1. The molecular weight excluding hydrogens is 469 g/mol. The molecule has 3 rings (SSSR count). The van der Waals surface area contributed by atoms with Crippen molar-refractivity contribution in [1.82, 2.24) is 0 Å². The van der Waals surface area contributed by atoms with Crippen LogP contribution in [0.5, 0.6) is 5.75 Å². The molecule has 0 bridgehead atoms. The maximum absolute atomic E-state index is 13.0. The number of nitrogens with one attached hydrogen (secondary N) is 1. The molecule has 0 spiro atoms. The lowest BCUT2D eigenvalue weighted by Gasteiger charge is -2.18. The maximum Gasteiger partial charge on any atom is 0.335 e. The smallest absolute Gasteiger partial charge is 0.335 e. The Balaban J connectivity index is 1.85. The van der Waals surface area contributed by atoms with Crippen LogP contribution in [0.1, 0.15) is 27.4 Å². The van der Waals surface area contributed by atoms with Crippen LogP contribution in [0.25, 0.3) is 0 Å². The first-order valence-electron chi connectivity index (χ1n) is 8.60. The second-order valence-electron chi connectivity index (χ2n) is 6.35. The monoisotopic (exact) mass is 487 g/mol. The number of carbonyl (C=O) groups is 2. The molecule has 0 saturated heterocycles. The molecule has 0 radical (unpaired) electrons. The van der Waals surface area contributed by atoms with Crippen LogP contribution < -0.4 is 5.32 Å². The second-order valence-corrected chi connectivity index (χ2v) is 7.59. The number of hydrogen-bond acceptors (Lipinski definition) is 3.